The van der Waals surface area contributed by atoms with Gasteiger partial charge in [-0.05, 0) is 6.07 Å². The number of nitrogens with zero attached hydrogens (tertiary/aromatic N) is 2. The maximum Gasteiger partial charge on any atom is 0.270 e. The highest BCUT2D eigenvalue weighted by atomic mass is 32.2. The number of rotatable bonds is 6. The number of nitrogens with one attached hydrogen (secondary N) is 2. The Bertz CT molecular complexity index is 742. The van der Waals surface area contributed by atoms with Crippen molar-refractivity contribution in [3.8, 4) is 0 Å². The number of sulfonamides is 1. The molecule has 0 unspecified atom stereocenters. The van der Waals surface area contributed by atoms with Gasteiger partial charge in [0, 0.05) is 37.0 Å². The molecule has 0 fully saturated rings. The molecule has 0 spiro atoms. The van der Waals surface area contributed by atoms with Crippen molar-refractivity contribution in [2.75, 3.05) is 12.3 Å². The number of benzene rings is 1. The molecule has 1 aromatic heterocycles. The smallest absolute Gasteiger partial charge is 0.270 e. The normalized spacial score (nSPS) is 11.4. The Hall–Kier alpha value is -2.46. The lowest BCUT2D eigenvalue weighted by Gasteiger charge is -2.08. The van der Waals surface area contributed by atoms with E-state index in [2.05, 4.69) is 14.7 Å². The minimum Gasteiger partial charge on any atom is -0.398 e. The summed E-state index contributed by atoms with van der Waals surface area (Å²) >= 11 is 0. The fourth-order valence-corrected chi connectivity index (χ4v) is 2.87. The number of nitro groups is 1. The van der Waals surface area contributed by atoms with E-state index < -0.39 is 14.9 Å². The molecule has 0 aliphatic heterocycles. The van der Waals surface area contributed by atoms with E-state index in [0.717, 1.165) is 17.8 Å². The van der Waals surface area contributed by atoms with Crippen molar-refractivity contribution in [1.29, 1.82) is 0 Å². The van der Waals surface area contributed by atoms with Gasteiger partial charge in [-0.15, -0.1) is 0 Å². The van der Waals surface area contributed by atoms with Crippen LogP contribution in [-0.4, -0.2) is 29.9 Å². The molecule has 1 aromatic carbocycles. The number of aromatic nitrogens is 2. The summed E-state index contributed by atoms with van der Waals surface area (Å²) in [6, 6.07) is 3.29. The second-order valence-electron chi connectivity index (χ2n) is 4.20. The van der Waals surface area contributed by atoms with E-state index in [1.54, 1.807) is 6.20 Å². The van der Waals surface area contributed by atoms with Crippen LogP contribution >= 0.6 is 0 Å². The summed E-state index contributed by atoms with van der Waals surface area (Å²) in [5.41, 5.74) is 5.97. The Morgan fingerprint density at radius 2 is 2.19 bits per heavy atom. The van der Waals surface area contributed by atoms with Gasteiger partial charge in [-0.2, -0.15) is 0 Å². The first-order chi connectivity index (χ1) is 9.90. The van der Waals surface area contributed by atoms with Crippen molar-refractivity contribution < 1.29 is 13.3 Å². The Morgan fingerprint density at radius 1 is 1.43 bits per heavy atom. The zero-order chi connectivity index (χ0) is 15.5. The Labute approximate surface area is 120 Å². The van der Waals surface area contributed by atoms with E-state index in [-0.39, 0.29) is 22.8 Å². The van der Waals surface area contributed by atoms with Crippen LogP contribution in [-0.2, 0) is 16.4 Å². The number of non-ortho nitro benzene ring substituents is 1. The number of imidazole rings is 1. The molecule has 0 saturated carbocycles. The third-order valence-corrected chi connectivity index (χ3v) is 4.26. The highest BCUT2D eigenvalue weighted by Crippen LogP contribution is 2.23. The molecule has 0 aliphatic rings. The van der Waals surface area contributed by atoms with Gasteiger partial charge in [0.1, 0.15) is 4.90 Å². The lowest BCUT2D eigenvalue weighted by Crippen LogP contribution is -2.26. The molecule has 2 aromatic rings. The quantitative estimate of drug-likeness (QED) is 0.400. The average Bonchev–Trinajstić information content (AvgIpc) is 2.91. The van der Waals surface area contributed by atoms with Crippen LogP contribution < -0.4 is 10.5 Å². The third kappa shape index (κ3) is 3.55. The third-order valence-electron chi connectivity index (χ3n) is 2.74. The second kappa shape index (κ2) is 5.89. The molecule has 112 valence electrons. The van der Waals surface area contributed by atoms with Crippen LogP contribution in [0.1, 0.15) is 5.69 Å². The number of nitrogens with two attached hydrogens (primary N) is 1. The predicted octanol–water partition coefficient (Wildman–Crippen LogP) is 0.421. The van der Waals surface area contributed by atoms with Crippen molar-refractivity contribution in [2.45, 2.75) is 11.3 Å². The minimum absolute atomic E-state index is 0.0466. The summed E-state index contributed by atoms with van der Waals surface area (Å²) in [5, 5.41) is 10.7. The van der Waals surface area contributed by atoms with Gasteiger partial charge in [-0.1, -0.05) is 0 Å². The topological polar surface area (TPSA) is 144 Å². The Kier molecular flexibility index (Phi) is 4.19. The van der Waals surface area contributed by atoms with Gasteiger partial charge < -0.3 is 10.7 Å². The first kappa shape index (κ1) is 14.9. The van der Waals surface area contributed by atoms with Crippen molar-refractivity contribution in [1.82, 2.24) is 14.7 Å². The first-order valence-electron chi connectivity index (χ1n) is 5.91. The number of anilines is 1. The number of aromatic amines is 1. The van der Waals surface area contributed by atoms with Gasteiger partial charge in [0.15, 0.2) is 0 Å². The average molecular weight is 311 g/mol. The van der Waals surface area contributed by atoms with Crippen LogP contribution in [0.3, 0.4) is 0 Å². The summed E-state index contributed by atoms with van der Waals surface area (Å²) < 4.78 is 26.6. The largest absolute Gasteiger partial charge is 0.398 e. The molecule has 0 bridgehead atoms. The molecule has 21 heavy (non-hydrogen) atoms. The van der Waals surface area contributed by atoms with E-state index in [1.807, 2.05) is 0 Å². The monoisotopic (exact) mass is 311 g/mol. The van der Waals surface area contributed by atoms with Gasteiger partial charge in [0.05, 0.1) is 16.9 Å². The Morgan fingerprint density at radius 3 is 2.81 bits per heavy atom. The number of hydrogen-bond acceptors (Lipinski definition) is 6. The van der Waals surface area contributed by atoms with E-state index in [4.69, 9.17) is 5.73 Å². The fraction of sp³-hybridized carbons (Fsp3) is 0.182. The van der Waals surface area contributed by atoms with Gasteiger partial charge in [0.25, 0.3) is 5.69 Å². The van der Waals surface area contributed by atoms with Crippen molar-refractivity contribution in [2.24, 2.45) is 0 Å². The highest BCUT2D eigenvalue weighted by Gasteiger charge is 2.20. The molecule has 0 atom stereocenters. The van der Waals surface area contributed by atoms with Crippen LogP contribution in [0.25, 0.3) is 0 Å². The molecule has 9 nitrogen and oxygen atoms in total. The van der Waals surface area contributed by atoms with Crippen LogP contribution in [0.4, 0.5) is 11.4 Å². The summed E-state index contributed by atoms with van der Waals surface area (Å²) in [5.74, 6) is 0. The molecule has 0 aliphatic carbocycles. The molecule has 0 amide bonds. The highest BCUT2D eigenvalue weighted by molar-refractivity contribution is 7.89. The molecule has 4 N–H and O–H groups in total. The van der Waals surface area contributed by atoms with Crippen molar-refractivity contribution >= 4 is 21.4 Å². The zero-order valence-electron chi connectivity index (χ0n) is 10.8. The molecule has 0 radical (unpaired) electrons. The number of hydrogen-bond donors (Lipinski definition) is 3. The van der Waals surface area contributed by atoms with Gasteiger partial charge in [-0.3, -0.25) is 10.1 Å². The molecule has 1 heterocycles. The van der Waals surface area contributed by atoms with Crippen LogP contribution in [0, 0.1) is 10.1 Å². The maximum absolute atomic E-state index is 12.1. The van der Waals surface area contributed by atoms with Crippen LogP contribution in [0.2, 0.25) is 0 Å². The van der Waals surface area contributed by atoms with Gasteiger partial charge in [0.2, 0.25) is 10.0 Å². The second-order valence-corrected chi connectivity index (χ2v) is 5.94. The SMILES string of the molecule is Nc1ccc([N+](=O)[O-])cc1S(=O)(=O)NCCc1cnc[nH]1. The molecule has 2 rings (SSSR count). The van der Waals surface area contributed by atoms with Crippen molar-refractivity contribution in [3.05, 3.63) is 46.5 Å². The van der Waals surface area contributed by atoms with Gasteiger partial charge in [-0.25, -0.2) is 18.1 Å². The van der Waals surface area contributed by atoms with E-state index in [9.17, 15) is 18.5 Å². The fourth-order valence-electron chi connectivity index (χ4n) is 1.69. The summed E-state index contributed by atoms with van der Waals surface area (Å²) in [7, 11) is -3.91. The van der Waals surface area contributed by atoms with E-state index >= 15 is 0 Å². The van der Waals surface area contributed by atoms with Crippen LogP contribution in [0.5, 0.6) is 0 Å². The lowest BCUT2D eigenvalue weighted by atomic mass is 10.3. The van der Waals surface area contributed by atoms with E-state index in [0.29, 0.717) is 6.42 Å². The maximum atomic E-state index is 12.1. The minimum atomic E-state index is -3.91. The Balaban J connectivity index is 2.15. The standard InChI is InChI=1S/C11H13N5O4S/c12-10-2-1-9(16(17)18)5-11(10)21(19,20)15-4-3-8-6-13-7-14-8/h1-2,5-7,15H,3-4,12H2,(H,13,14). The van der Waals surface area contributed by atoms with E-state index in [1.165, 1.54) is 12.4 Å². The molecular formula is C11H13N5O4S. The summed E-state index contributed by atoms with van der Waals surface area (Å²) in [4.78, 5) is 16.4. The first-order valence-corrected chi connectivity index (χ1v) is 7.39. The lowest BCUT2D eigenvalue weighted by molar-refractivity contribution is -0.385. The zero-order valence-corrected chi connectivity index (χ0v) is 11.6. The number of nitrogen functional groups attached to an aromatic ring is 1. The van der Waals surface area contributed by atoms with Gasteiger partial charge >= 0.3 is 0 Å². The number of H-pyrrole nitrogens is 1. The summed E-state index contributed by atoms with van der Waals surface area (Å²) in [6.07, 6.45) is 3.48. The molecule has 10 heteroatoms. The molecule has 0 saturated heterocycles. The van der Waals surface area contributed by atoms with Crippen molar-refractivity contribution in [3.63, 3.8) is 0 Å². The molecular weight excluding hydrogens is 298 g/mol. The van der Waals surface area contributed by atoms with Crippen LogP contribution in [0.15, 0.2) is 35.6 Å². The predicted molar refractivity (Wildman–Crippen MR) is 75.0 cm³/mol. The number of nitro benzene ring substituents is 1. The summed E-state index contributed by atoms with van der Waals surface area (Å²) in [6.45, 7) is 0.118.